The summed E-state index contributed by atoms with van der Waals surface area (Å²) in [5, 5.41) is 0. The van der Waals surface area contributed by atoms with Gasteiger partial charge in [-0.15, -0.1) is 6.58 Å². The molecule has 3 nitrogen and oxygen atoms in total. The van der Waals surface area contributed by atoms with Gasteiger partial charge in [0.25, 0.3) is 0 Å². The molecule has 22 heavy (non-hydrogen) atoms. The molecule has 1 rings (SSSR count). The predicted octanol–water partition coefficient (Wildman–Crippen LogP) is 4.78. The Balaban J connectivity index is 3.04. The third-order valence-corrected chi connectivity index (χ3v) is 5.30. The molecule has 0 amide bonds. The Labute approximate surface area is 130 Å². The third kappa shape index (κ3) is 3.86. The van der Waals surface area contributed by atoms with Crippen LogP contribution in [0.3, 0.4) is 0 Å². The molecule has 0 unspecified atom stereocenters. The van der Waals surface area contributed by atoms with E-state index in [1.807, 2.05) is 13.8 Å². The van der Waals surface area contributed by atoms with Gasteiger partial charge in [0, 0.05) is 5.41 Å². The van der Waals surface area contributed by atoms with E-state index >= 15 is 0 Å². The molecule has 0 aliphatic heterocycles. The van der Waals surface area contributed by atoms with Gasteiger partial charge in [0.2, 0.25) is 0 Å². The average molecular weight is 340 g/mol. The first-order valence-electron chi connectivity index (χ1n) is 7.28. The highest BCUT2D eigenvalue weighted by Crippen LogP contribution is 2.52. The van der Waals surface area contributed by atoms with Crippen LogP contribution in [0.2, 0.25) is 0 Å². The fraction of sp³-hybridized carbons (Fsp3) is 0.733. The quantitative estimate of drug-likeness (QED) is 0.290. The lowest BCUT2D eigenvalue weighted by Crippen LogP contribution is -2.33. The topological polar surface area (TPSA) is 43.4 Å². The first kappa shape index (κ1) is 19.1. The van der Waals surface area contributed by atoms with E-state index < -0.39 is 21.0 Å². The van der Waals surface area contributed by atoms with Crippen LogP contribution in [0.25, 0.3) is 0 Å². The maximum atomic E-state index is 12.5. The summed E-state index contributed by atoms with van der Waals surface area (Å²) in [5.74, 6) is 0.183. The largest absolute Gasteiger partial charge is 0.534 e. The summed E-state index contributed by atoms with van der Waals surface area (Å²) in [5.41, 5.74) is -6.12. The van der Waals surface area contributed by atoms with Crippen molar-refractivity contribution in [1.29, 1.82) is 0 Å². The maximum absolute atomic E-state index is 12.5. The highest BCUT2D eigenvalue weighted by atomic mass is 32.2. The Hall–Kier alpha value is -0.980. The van der Waals surface area contributed by atoms with Gasteiger partial charge in [0.1, 0.15) is 5.76 Å². The normalized spacial score (nSPS) is 26.1. The first-order valence-corrected chi connectivity index (χ1v) is 8.69. The van der Waals surface area contributed by atoms with Crippen LogP contribution in [0.15, 0.2) is 24.5 Å². The molecule has 0 saturated carbocycles. The summed E-state index contributed by atoms with van der Waals surface area (Å²) in [6.45, 7) is 9.36. The number of halogens is 3. The van der Waals surface area contributed by atoms with Gasteiger partial charge in [-0.3, -0.25) is 0 Å². The van der Waals surface area contributed by atoms with Crippen molar-refractivity contribution in [2.45, 2.75) is 52.0 Å². The molecule has 1 aliphatic rings. The van der Waals surface area contributed by atoms with Gasteiger partial charge < -0.3 is 4.18 Å². The zero-order chi connectivity index (χ0) is 17.2. The van der Waals surface area contributed by atoms with E-state index in [0.29, 0.717) is 12.8 Å². The standard InChI is InChI=1S/C15H23F3O3S/c1-5-6-7-10-14(4)12(11(2)3)8-9-13(14)21-22(19,20)15(16,17)18/h5,9,11-12H,1,6-8,10H2,2-4H3/t12-,14-/m1/s1. The summed E-state index contributed by atoms with van der Waals surface area (Å²) in [6, 6.07) is 0. The minimum Gasteiger partial charge on any atom is -0.380 e. The van der Waals surface area contributed by atoms with Gasteiger partial charge in [-0.2, -0.15) is 21.6 Å². The predicted molar refractivity (Wildman–Crippen MR) is 79.2 cm³/mol. The number of rotatable bonds is 7. The van der Waals surface area contributed by atoms with Gasteiger partial charge in [-0.25, -0.2) is 0 Å². The van der Waals surface area contributed by atoms with Crippen molar-refractivity contribution in [2.24, 2.45) is 17.3 Å². The van der Waals surface area contributed by atoms with E-state index in [1.165, 1.54) is 6.08 Å². The van der Waals surface area contributed by atoms with Gasteiger partial charge in [-0.05, 0) is 43.6 Å². The number of hydrogen-bond acceptors (Lipinski definition) is 3. The van der Waals surface area contributed by atoms with Crippen molar-refractivity contribution < 1.29 is 25.8 Å². The van der Waals surface area contributed by atoms with Crippen LogP contribution >= 0.6 is 0 Å². The second kappa shape index (κ2) is 6.64. The van der Waals surface area contributed by atoms with Crippen molar-refractivity contribution in [3.8, 4) is 0 Å². The SMILES string of the molecule is C=CCCC[C@@]1(C)C(OS(=O)(=O)C(F)(F)F)=CC[C@@H]1C(C)C. The minimum atomic E-state index is -5.62. The van der Waals surface area contributed by atoms with E-state index in [4.69, 9.17) is 0 Å². The third-order valence-electron chi connectivity index (χ3n) is 4.33. The molecule has 128 valence electrons. The number of alkyl halides is 3. The Morgan fingerprint density at radius 2 is 2.09 bits per heavy atom. The van der Waals surface area contributed by atoms with Crippen LogP contribution < -0.4 is 0 Å². The Morgan fingerprint density at radius 3 is 2.55 bits per heavy atom. The van der Waals surface area contributed by atoms with E-state index in [1.54, 1.807) is 13.0 Å². The number of hydrogen-bond donors (Lipinski definition) is 0. The van der Waals surface area contributed by atoms with Gasteiger partial charge in [0.05, 0.1) is 0 Å². The molecule has 0 aromatic rings. The Morgan fingerprint density at radius 1 is 1.50 bits per heavy atom. The monoisotopic (exact) mass is 340 g/mol. The van der Waals surface area contributed by atoms with Crippen molar-refractivity contribution in [2.75, 3.05) is 0 Å². The second-order valence-electron chi connectivity index (χ2n) is 6.24. The van der Waals surface area contributed by atoms with Gasteiger partial charge in [0.15, 0.2) is 0 Å². The second-order valence-corrected chi connectivity index (χ2v) is 7.77. The van der Waals surface area contributed by atoms with Crippen LogP contribution in [0, 0.1) is 17.3 Å². The number of unbranched alkanes of at least 4 members (excludes halogenated alkanes) is 1. The number of allylic oxidation sites excluding steroid dienone is 3. The molecular weight excluding hydrogens is 317 g/mol. The van der Waals surface area contributed by atoms with E-state index in [2.05, 4.69) is 10.8 Å². The summed E-state index contributed by atoms with van der Waals surface area (Å²) < 4.78 is 64.7. The first-order chi connectivity index (χ1) is 9.95. The molecule has 0 bridgehead atoms. The van der Waals surface area contributed by atoms with Crippen LogP contribution in [-0.2, 0) is 14.3 Å². The maximum Gasteiger partial charge on any atom is 0.534 e. The summed E-state index contributed by atoms with van der Waals surface area (Å²) in [4.78, 5) is 0. The molecule has 0 aromatic carbocycles. The molecule has 0 radical (unpaired) electrons. The zero-order valence-electron chi connectivity index (χ0n) is 13.1. The fourth-order valence-electron chi connectivity index (χ4n) is 3.13. The fourth-order valence-corrected chi connectivity index (χ4v) is 3.72. The molecule has 0 aromatic heterocycles. The van der Waals surface area contributed by atoms with Gasteiger partial charge >= 0.3 is 15.6 Å². The highest BCUT2D eigenvalue weighted by molar-refractivity contribution is 7.87. The van der Waals surface area contributed by atoms with Crippen LogP contribution in [0.4, 0.5) is 13.2 Å². The Bertz CT molecular complexity index is 535. The van der Waals surface area contributed by atoms with Crippen molar-refractivity contribution in [3.63, 3.8) is 0 Å². The smallest absolute Gasteiger partial charge is 0.380 e. The summed E-state index contributed by atoms with van der Waals surface area (Å²) in [6.07, 6.45) is 5.74. The van der Waals surface area contributed by atoms with Crippen molar-refractivity contribution in [1.82, 2.24) is 0 Å². The Kier molecular flexibility index (Phi) is 5.76. The molecular formula is C15H23F3O3S. The minimum absolute atomic E-state index is 0.0516. The molecule has 2 atom stereocenters. The molecule has 0 saturated heterocycles. The molecule has 0 fully saturated rings. The lowest BCUT2D eigenvalue weighted by molar-refractivity contribution is -0.0537. The van der Waals surface area contributed by atoms with E-state index in [9.17, 15) is 21.6 Å². The summed E-state index contributed by atoms with van der Waals surface area (Å²) >= 11 is 0. The van der Waals surface area contributed by atoms with Crippen LogP contribution in [0.5, 0.6) is 0 Å². The highest BCUT2D eigenvalue weighted by Gasteiger charge is 2.52. The van der Waals surface area contributed by atoms with E-state index in [0.717, 1.165) is 12.8 Å². The molecule has 1 aliphatic carbocycles. The molecule has 7 heteroatoms. The van der Waals surface area contributed by atoms with Crippen molar-refractivity contribution in [3.05, 3.63) is 24.5 Å². The average Bonchev–Trinajstić information content (AvgIpc) is 2.65. The molecule has 0 spiro atoms. The molecule has 0 heterocycles. The van der Waals surface area contributed by atoms with E-state index in [-0.39, 0.29) is 17.6 Å². The van der Waals surface area contributed by atoms with Crippen LogP contribution in [0.1, 0.15) is 46.5 Å². The lowest BCUT2D eigenvalue weighted by atomic mass is 9.70. The van der Waals surface area contributed by atoms with Crippen LogP contribution in [-0.4, -0.2) is 13.9 Å². The summed E-state index contributed by atoms with van der Waals surface area (Å²) in [7, 11) is -5.62. The zero-order valence-corrected chi connectivity index (χ0v) is 13.9. The van der Waals surface area contributed by atoms with Crippen molar-refractivity contribution >= 4 is 10.1 Å². The van der Waals surface area contributed by atoms with Gasteiger partial charge in [-0.1, -0.05) is 26.8 Å². The lowest BCUT2D eigenvalue weighted by Gasteiger charge is -2.36. The molecule has 0 N–H and O–H groups in total.